The van der Waals surface area contributed by atoms with Crippen molar-refractivity contribution in [1.82, 2.24) is 20.1 Å². The number of aromatic nitrogens is 1. The molecule has 0 spiro atoms. The van der Waals surface area contributed by atoms with Gasteiger partial charge in [-0.1, -0.05) is 12.1 Å². The summed E-state index contributed by atoms with van der Waals surface area (Å²) in [5, 5.41) is 6.63. The van der Waals surface area contributed by atoms with Gasteiger partial charge in [-0.2, -0.15) is 0 Å². The van der Waals surface area contributed by atoms with Crippen LogP contribution in [0.25, 0.3) is 6.08 Å². The minimum atomic E-state index is -0.452. The van der Waals surface area contributed by atoms with Crippen molar-refractivity contribution in [3.05, 3.63) is 53.2 Å². The molecule has 3 aliphatic rings. The number of anilines is 3. The van der Waals surface area contributed by atoms with Crippen LogP contribution in [0.15, 0.2) is 36.5 Å². The largest absolute Gasteiger partial charge is 0.378 e. The van der Waals surface area contributed by atoms with Crippen LogP contribution < -0.4 is 15.5 Å². The van der Waals surface area contributed by atoms with Gasteiger partial charge < -0.3 is 30.1 Å². The summed E-state index contributed by atoms with van der Waals surface area (Å²) in [6.45, 7) is 6.73. The molecule has 0 aliphatic carbocycles. The van der Waals surface area contributed by atoms with Crippen molar-refractivity contribution < 1.29 is 9.59 Å². The summed E-state index contributed by atoms with van der Waals surface area (Å²) in [7, 11) is 2.19. The molecule has 35 heavy (non-hydrogen) atoms. The zero-order valence-electron chi connectivity index (χ0n) is 20.5. The Morgan fingerprint density at radius 1 is 1.09 bits per heavy atom. The van der Waals surface area contributed by atoms with Crippen LogP contribution in [0.4, 0.5) is 17.3 Å². The maximum Gasteiger partial charge on any atom is 0.219 e. The molecule has 0 radical (unpaired) electrons. The molecule has 0 saturated carbocycles. The zero-order valence-corrected chi connectivity index (χ0v) is 20.5. The van der Waals surface area contributed by atoms with E-state index in [9.17, 15) is 9.59 Å². The molecule has 0 bridgehead atoms. The minimum absolute atomic E-state index is 0.108. The van der Waals surface area contributed by atoms with Crippen molar-refractivity contribution in [2.75, 3.05) is 56.5 Å². The molecule has 1 amide bonds. The Hall–Kier alpha value is -3.39. The number of carbonyl (C=O) groups is 2. The van der Waals surface area contributed by atoms with E-state index < -0.39 is 6.04 Å². The SMILES string of the molecule is CC(=O)N1CCN(c2cc3c(c(Nc4ccc(C5CCN(C)CC5)cc4)n2)C(C=O)NC=C3)CC1. The summed E-state index contributed by atoms with van der Waals surface area (Å²) in [5.41, 5.74) is 4.17. The Morgan fingerprint density at radius 2 is 1.80 bits per heavy atom. The molecule has 8 heteroatoms. The first-order valence-electron chi connectivity index (χ1n) is 12.5. The van der Waals surface area contributed by atoms with Crippen LogP contribution in [0, 0.1) is 0 Å². The van der Waals surface area contributed by atoms with Gasteiger partial charge in [0.2, 0.25) is 5.91 Å². The summed E-state index contributed by atoms with van der Waals surface area (Å²) in [4.78, 5) is 35.0. The van der Waals surface area contributed by atoms with E-state index in [4.69, 9.17) is 4.98 Å². The van der Waals surface area contributed by atoms with Gasteiger partial charge in [0, 0.05) is 44.4 Å². The van der Waals surface area contributed by atoms with Gasteiger partial charge in [-0.05, 0) is 80.5 Å². The van der Waals surface area contributed by atoms with Crippen molar-refractivity contribution in [2.24, 2.45) is 0 Å². The molecular weight excluding hydrogens is 440 g/mol. The molecule has 2 fully saturated rings. The van der Waals surface area contributed by atoms with Crippen molar-refractivity contribution in [2.45, 2.75) is 31.7 Å². The monoisotopic (exact) mass is 474 g/mol. The number of fused-ring (bicyclic) bond motifs is 1. The number of nitrogens with one attached hydrogen (secondary N) is 2. The summed E-state index contributed by atoms with van der Waals surface area (Å²) in [6.07, 6.45) is 7.11. The van der Waals surface area contributed by atoms with Crippen molar-refractivity contribution >= 4 is 35.6 Å². The minimum Gasteiger partial charge on any atom is -0.378 e. The fourth-order valence-electron chi connectivity index (χ4n) is 5.28. The smallest absolute Gasteiger partial charge is 0.219 e. The molecular formula is C27H34N6O2. The number of piperidine rings is 1. The number of pyridine rings is 1. The Labute approximate surface area is 207 Å². The van der Waals surface area contributed by atoms with Crippen LogP contribution in [0.3, 0.4) is 0 Å². The van der Waals surface area contributed by atoms with Crippen LogP contribution in [-0.2, 0) is 9.59 Å². The lowest BCUT2D eigenvalue weighted by Crippen LogP contribution is -2.48. The molecule has 2 N–H and O–H groups in total. The van der Waals surface area contributed by atoms with E-state index in [1.165, 1.54) is 18.4 Å². The molecule has 1 aromatic heterocycles. The summed E-state index contributed by atoms with van der Waals surface area (Å²) in [5.74, 6) is 2.26. The highest BCUT2D eigenvalue weighted by atomic mass is 16.2. The third kappa shape index (κ3) is 5.03. The number of piperazine rings is 1. The highest BCUT2D eigenvalue weighted by molar-refractivity contribution is 5.79. The molecule has 8 nitrogen and oxygen atoms in total. The number of nitrogens with zero attached hydrogens (tertiary/aromatic N) is 4. The van der Waals surface area contributed by atoms with Crippen LogP contribution in [0.2, 0.25) is 0 Å². The zero-order chi connectivity index (χ0) is 24.4. The van der Waals surface area contributed by atoms with E-state index in [0.29, 0.717) is 24.8 Å². The third-order valence-corrected chi connectivity index (χ3v) is 7.48. The highest BCUT2D eigenvalue weighted by Crippen LogP contribution is 2.34. The van der Waals surface area contributed by atoms with E-state index in [-0.39, 0.29) is 5.91 Å². The van der Waals surface area contributed by atoms with Crippen LogP contribution in [0.1, 0.15) is 48.4 Å². The first-order valence-corrected chi connectivity index (χ1v) is 12.5. The molecule has 2 aromatic rings. The second-order valence-electron chi connectivity index (χ2n) is 9.76. The lowest BCUT2D eigenvalue weighted by Gasteiger charge is -2.35. The number of benzene rings is 1. The lowest BCUT2D eigenvalue weighted by atomic mass is 9.89. The van der Waals surface area contributed by atoms with Gasteiger partial charge in [-0.25, -0.2) is 4.98 Å². The van der Waals surface area contributed by atoms with E-state index in [2.05, 4.69) is 51.7 Å². The second-order valence-corrected chi connectivity index (χ2v) is 9.76. The van der Waals surface area contributed by atoms with Gasteiger partial charge in [-0.15, -0.1) is 0 Å². The Morgan fingerprint density at radius 3 is 2.46 bits per heavy atom. The van der Waals surface area contributed by atoms with Gasteiger partial charge in [0.15, 0.2) is 0 Å². The fraction of sp³-hybridized carbons (Fsp3) is 0.444. The van der Waals surface area contributed by atoms with E-state index >= 15 is 0 Å². The molecule has 184 valence electrons. The Bertz CT molecular complexity index is 1100. The van der Waals surface area contributed by atoms with Crippen molar-refractivity contribution in [3.63, 3.8) is 0 Å². The fourth-order valence-corrected chi connectivity index (χ4v) is 5.28. The number of amides is 1. The molecule has 1 unspecified atom stereocenters. The Balaban J connectivity index is 1.40. The van der Waals surface area contributed by atoms with E-state index in [0.717, 1.165) is 55.1 Å². The number of carbonyl (C=O) groups excluding carboxylic acids is 2. The number of likely N-dealkylation sites (tertiary alicyclic amines) is 1. The van der Waals surface area contributed by atoms with Crippen LogP contribution in [-0.4, -0.2) is 73.3 Å². The molecule has 3 aliphatic heterocycles. The first-order chi connectivity index (χ1) is 17.0. The topological polar surface area (TPSA) is 80.8 Å². The van der Waals surface area contributed by atoms with Crippen LogP contribution >= 0.6 is 0 Å². The summed E-state index contributed by atoms with van der Waals surface area (Å²) in [6, 6.07) is 10.2. The van der Waals surface area contributed by atoms with E-state index in [1.807, 2.05) is 23.2 Å². The molecule has 4 heterocycles. The quantitative estimate of drug-likeness (QED) is 0.645. The molecule has 1 atom stereocenters. The normalized spacial score (nSPS) is 20.8. The van der Waals surface area contributed by atoms with Crippen molar-refractivity contribution in [3.8, 4) is 0 Å². The van der Waals surface area contributed by atoms with Gasteiger partial charge in [-0.3, -0.25) is 4.79 Å². The lowest BCUT2D eigenvalue weighted by molar-refractivity contribution is -0.129. The maximum atomic E-state index is 11.9. The standard InChI is InChI=1S/C27H34N6O2/c1-19(35)32-13-15-33(16-14-32)25-17-22-7-10-28-24(18-34)26(22)27(30-25)29-23-5-3-20(4-6-23)21-8-11-31(2)12-9-21/h3-7,10,17-18,21,24,28H,8-9,11-16H2,1-2H3,(H,29,30). The van der Waals surface area contributed by atoms with Crippen molar-refractivity contribution in [1.29, 1.82) is 0 Å². The van der Waals surface area contributed by atoms with Gasteiger partial charge in [0.25, 0.3) is 0 Å². The average molecular weight is 475 g/mol. The third-order valence-electron chi connectivity index (χ3n) is 7.48. The molecule has 1 aromatic carbocycles. The van der Waals surface area contributed by atoms with Gasteiger partial charge in [0.1, 0.15) is 24.0 Å². The van der Waals surface area contributed by atoms with E-state index in [1.54, 1.807) is 6.92 Å². The van der Waals surface area contributed by atoms with Gasteiger partial charge >= 0.3 is 0 Å². The Kier molecular flexibility index (Phi) is 6.72. The molecule has 2 saturated heterocycles. The maximum absolute atomic E-state index is 11.9. The average Bonchev–Trinajstić information content (AvgIpc) is 2.89. The summed E-state index contributed by atoms with van der Waals surface area (Å²) >= 11 is 0. The number of hydrogen-bond acceptors (Lipinski definition) is 7. The highest BCUT2D eigenvalue weighted by Gasteiger charge is 2.26. The molecule has 5 rings (SSSR count). The number of rotatable bonds is 5. The first kappa shape index (κ1) is 23.4. The number of hydrogen-bond donors (Lipinski definition) is 2. The van der Waals surface area contributed by atoms with Crippen LogP contribution in [0.5, 0.6) is 0 Å². The van der Waals surface area contributed by atoms with Gasteiger partial charge in [0.05, 0.1) is 0 Å². The summed E-state index contributed by atoms with van der Waals surface area (Å²) < 4.78 is 0. The second kappa shape index (κ2) is 10.1. The predicted molar refractivity (Wildman–Crippen MR) is 139 cm³/mol. The predicted octanol–water partition coefficient (Wildman–Crippen LogP) is 3.12. The number of aldehydes is 1.